The van der Waals surface area contributed by atoms with E-state index in [4.69, 9.17) is 10.5 Å². The van der Waals surface area contributed by atoms with E-state index in [9.17, 15) is 18.4 Å². The lowest BCUT2D eigenvalue weighted by molar-refractivity contribution is -0.227. The summed E-state index contributed by atoms with van der Waals surface area (Å²) >= 11 is 0. The number of rotatable bonds is 6. The highest BCUT2D eigenvalue weighted by atomic mass is 19.1. The monoisotopic (exact) mass is 427 g/mol. The zero-order valence-electron chi connectivity index (χ0n) is 16.4. The lowest BCUT2D eigenvalue weighted by Crippen LogP contribution is -2.69. The van der Waals surface area contributed by atoms with Gasteiger partial charge >= 0.3 is 0 Å². The molecule has 0 saturated heterocycles. The van der Waals surface area contributed by atoms with Gasteiger partial charge in [0, 0.05) is 30.2 Å². The number of benzene rings is 1. The highest BCUT2D eigenvalue weighted by molar-refractivity contribution is 5.91. The Morgan fingerprint density at radius 3 is 2.52 bits per heavy atom. The number of ether oxygens (including phenoxy) is 1. The molecular formula is C21H19F2N5O3. The van der Waals surface area contributed by atoms with Crippen molar-refractivity contribution < 1.29 is 23.1 Å². The van der Waals surface area contributed by atoms with E-state index < -0.39 is 29.0 Å². The fraction of sp³-hybridized carbons (Fsp3) is 0.381. The molecule has 1 unspecified atom stereocenters. The van der Waals surface area contributed by atoms with Gasteiger partial charge in [0.05, 0.1) is 18.1 Å². The van der Waals surface area contributed by atoms with E-state index in [1.165, 1.54) is 29.5 Å². The summed E-state index contributed by atoms with van der Waals surface area (Å²) in [5.41, 5.74) is 5.03. The molecule has 31 heavy (non-hydrogen) atoms. The fourth-order valence-corrected chi connectivity index (χ4v) is 5.06. The summed E-state index contributed by atoms with van der Waals surface area (Å²) in [5.74, 6) is -1.90. The second kappa shape index (κ2) is 6.79. The molecule has 10 heteroatoms. The lowest BCUT2D eigenvalue weighted by atomic mass is 9.35. The Bertz CT molecular complexity index is 1080. The fourth-order valence-electron chi connectivity index (χ4n) is 5.06. The van der Waals surface area contributed by atoms with Crippen LogP contribution in [0.4, 0.5) is 8.78 Å². The largest absolute Gasteiger partial charge is 0.477 e. The van der Waals surface area contributed by atoms with Crippen LogP contribution in [-0.2, 0) is 4.79 Å². The van der Waals surface area contributed by atoms with Crippen LogP contribution in [0.15, 0.2) is 35.7 Å². The first-order chi connectivity index (χ1) is 14.8. The number of halogens is 2. The molecule has 1 atom stereocenters. The number of carbonyl (C=O) groups is 2. The molecule has 2 N–H and O–H groups in total. The molecule has 160 valence electrons. The number of hydrazone groups is 1. The maximum absolute atomic E-state index is 13.6. The molecule has 3 saturated carbocycles. The van der Waals surface area contributed by atoms with Crippen LogP contribution < -0.4 is 10.5 Å². The van der Waals surface area contributed by atoms with Crippen molar-refractivity contribution in [3.63, 3.8) is 0 Å². The number of amides is 2. The summed E-state index contributed by atoms with van der Waals surface area (Å²) < 4.78 is 33.0. The SMILES string of the molecule is NC(=O)c1cc(OCC23CC(C(=O)N4N=CCC4c4cc(F)cc(F)c4)(C2)C3)ncn1. The van der Waals surface area contributed by atoms with Gasteiger partial charge in [0.1, 0.15) is 23.7 Å². The number of hydrogen-bond acceptors (Lipinski definition) is 6. The van der Waals surface area contributed by atoms with E-state index in [1.807, 2.05) is 0 Å². The minimum Gasteiger partial charge on any atom is -0.477 e. The second-order valence-corrected chi connectivity index (χ2v) is 8.61. The summed E-state index contributed by atoms with van der Waals surface area (Å²) in [7, 11) is 0. The van der Waals surface area contributed by atoms with E-state index >= 15 is 0 Å². The van der Waals surface area contributed by atoms with Crippen molar-refractivity contribution in [2.24, 2.45) is 21.7 Å². The molecule has 2 heterocycles. The third-order valence-corrected chi connectivity index (χ3v) is 6.32. The van der Waals surface area contributed by atoms with Crippen LogP contribution in [0, 0.1) is 22.5 Å². The maximum Gasteiger partial charge on any atom is 0.267 e. The Kier molecular flexibility index (Phi) is 4.28. The molecule has 1 aliphatic heterocycles. The summed E-state index contributed by atoms with van der Waals surface area (Å²) in [6.45, 7) is 0.360. The Morgan fingerprint density at radius 2 is 1.84 bits per heavy atom. The van der Waals surface area contributed by atoms with Crippen LogP contribution in [0.3, 0.4) is 0 Å². The van der Waals surface area contributed by atoms with Crippen molar-refractivity contribution in [1.29, 1.82) is 0 Å². The molecule has 1 aromatic carbocycles. The van der Waals surface area contributed by atoms with Gasteiger partial charge in [-0.3, -0.25) is 9.59 Å². The molecule has 8 nitrogen and oxygen atoms in total. The number of carbonyl (C=O) groups excluding carboxylic acids is 2. The number of nitrogens with zero attached hydrogens (tertiary/aromatic N) is 4. The normalized spacial score (nSPS) is 28.1. The van der Waals surface area contributed by atoms with E-state index in [1.54, 1.807) is 6.21 Å². The first kappa shape index (κ1) is 19.5. The summed E-state index contributed by atoms with van der Waals surface area (Å²) in [5, 5.41) is 5.55. The van der Waals surface area contributed by atoms with Crippen LogP contribution in [0.2, 0.25) is 0 Å². The van der Waals surface area contributed by atoms with Gasteiger partial charge < -0.3 is 10.5 Å². The number of hydrogen-bond donors (Lipinski definition) is 1. The Labute approximate surface area is 176 Å². The smallest absolute Gasteiger partial charge is 0.267 e. The van der Waals surface area contributed by atoms with Crippen LogP contribution in [0.5, 0.6) is 5.88 Å². The van der Waals surface area contributed by atoms with E-state index in [-0.39, 0.29) is 22.9 Å². The zero-order valence-corrected chi connectivity index (χ0v) is 16.4. The van der Waals surface area contributed by atoms with Gasteiger partial charge in [0.15, 0.2) is 0 Å². The van der Waals surface area contributed by atoms with Gasteiger partial charge in [-0.15, -0.1) is 0 Å². The third kappa shape index (κ3) is 3.22. The molecule has 1 aromatic heterocycles. The van der Waals surface area contributed by atoms with Crippen molar-refractivity contribution in [2.45, 2.75) is 31.7 Å². The minimum absolute atomic E-state index is 0.0703. The molecule has 0 radical (unpaired) electrons. The highest BCUT2D eigenvalue weighted by Gasteiger charge is 2.73. The molecule has 2 aromatic rings. The van der Waals surface area contributed by atoms with Crippen molar-refractivity contribution >= 4 is 18.0 Å². The first-order valence-corrected chi connectivity index (χ1v) is 9.86. The van der Waals surface area contributed by atoms with Crippen molar-refractivity contribution in [3.05, 3.63) is 53.5 Å². The van der Waals surface area contributed by atoms with Gasteiger partial charge in [-0.25, -0.2) is 23.8 Å². The first-order valence-electron chi connectivity index (χ1n) is 9.86. The molecule has 6 rings (SSSR count). The lowest BCUT2D eigenvalue weighted by Gasteiger charge is -2.69. The zero-order chi connectivity index (χ0) is 21.8. The number of primary amides is 1. The molecular weight excluding hydrogens is 408 g/mol. The summed E-state index contributed by atoms with van der Waals surface area (Å²) in [4.78, 5) is 32.2. The predicted molar refractivity (Wildman–Crippen MR) is 104 cm³/mol. The second-order valence-electron chi connectivity index (χ2n) is 8.61. The van der Waals surface area contributed by atoms with Crippen LogP contribution in [0.1, 0.15) is 47.8 Å². The Balaban J connectivity index is 1.22. The van der Waals surface area contributed by atoms with Gasteiger partial charge in [-0.1, -0.05) is 0 Å². The third-order valence-electron chi connectivity index (χ3n) is 6.32. The number of aromatic nitrogens is 2. The highest BCUT2D eigenvalue weighted by Crippen LogP contribution is 2.74. The van der Waals surface area contributed by atoms with Crippen molar-refractivity contribution in [2.75, 3.05) is 6.61 Å². The van der Waals surface area contributed by atoms with Gasteiger partial charge in [-0.2, -0.15) is 5.10 Å². The molecule has 0 spiro atoms. The van der Waals surface area contributed by atoms with Gasteiger partial charge in [0.2, 0.25) is 11.8 Å². The average Bonchev–Trinajstić information content (AvgIpc) is 3.15. The van der Waals surface area contributed by atoms with Crippen LogP contribution in [0.25, 0.3) is 0 Å². The molecule has 2 amide bonds. The van der Waals surface area contributed by atoms with Gasteiger partial charge in [0.25, 0.3) is 5.91 Å². The Morgan fingerprint density at radius 1 is 1.13 bits per heavy atom. The molecule has 3 aliphatic carbocycles. The molecule has 3 fully saturated rings. The maximum atomic E-state index is 13.6. The quantitative estimate of drug-likeness (QED) is 0.761. The van der Waals surface area contributed by atoms with Gasteiger partial charge in [-0.05, 0) is 37.0 Å². The van der Waals surface area contributed by atoms with Crippen molar-refractivity contribution in [3.8, 4) is 5.88 Å². The predicted octanol–water partition coefficient (Wildman–Crippen LogP) is 2.36. The summed E-state index contributed by atoms with van der Waals surface area (Å²) in [6, 6.07) is 4.16. The van der Waals surface area contributed by atoms with Crippen molar-refractivity contribution in [1.82, 2.24) is 15.0 Å². The molecule has 2 bridgehead atoms. The van der Waals surface area contributed by atoms with E-state index in [2.05, 4.69) is 15.1 Å². The van der Waals surface area contributed by atoms with Crippen LogP contribution >= 0.6 is 0 Å². The standard InChI is InChI=1S/C21H19F2N5O3/c22-13-3-12(4-14(23)5-13)16-1-2-27-28(16)19(30)21-7-20(8-21,9-21)10-31-17-6-15(18(24)29)25-11-26-17/h2-6,11,16H,1,7-10H2,(H2,24,29). The Hall–Kier alpha value is -3.43. The molecule has 4 aliphatic rings. The number of nitrogens with two attached hydrogens (primary N) is 1. The topological polar surface area (TPSA) is 111 Å². The van der Waals surface area contributed by atoms with E-state index in [0.29, 0.717) is 37.9 Å². The summed E-state index contributed by atoms with van der Waals surface area (Å²) in [6.07, 6.45) is 5.15. The van der Waals surface area contributed by atoms with E-state index in [0.717, 1.165) is 6.07 Å². The minimum atomic E-state index is -0.680. The average molecular weight is 427 g/mol. The van der Waals surface area contributed by atoms with Crippen LogP contribution in [-0.4, -0.2) is 39.6 Å².